The molecule has 0 aromatic heterocycles. The lowest BCUT2D eigenvalue weighted by Crippen LogP contribution is -2.42. The molecule has 2 rings (SSSR count). The lowest BCUT2D eigenvalue weighted by Gasteiger charge is -2.38. The van der Waals surface area contributed by atoms with Crippen LogP contribution in [0.3, 0.4) is 0 Å². The maximum absolute atomic E-state index is 10.2. The fraction of sp³-hybridized carbons (Fsp3) is 0.571. The van der Waals surface area contributed by atoms with Gasteiger partial charge in [-0.1, -0.05) is 26.0 Å². The Labute approximate surface area is 108 Å². The monoisotopic (exact) mass is 251 g/mol. The lowest BCUT2D eigenvalue weighted by molar-refractivity contribution is 0.00261. The van der Waals surface area contributed by atoms with Crippen LogP contribution in [0.4, 0.5) is 0 Å². The van der Waals surface area contributed by atoms with Gasteiger partial charge in [-0.15, -0.1) is 0 Å². The Bertz CT molecular complexity index is 404. The van der Waals surface area contributed by atoms with Crippen molar-refractivity contribution in [3.63, 3.8) is 0 Å². The smallest absolute Gasteiger partial charge is 0.166 e. The van der Waals surface area contributed by atoms with E-state index in [-0.39, 0.29) is 6.04 Å². The highest BCUT2D eigenvalue weighted by atomic mass is 16.5. The molecule has 4 nitrogen and oxygen atoms in total. The summed E-state index contributed by atoms with van der Waals surface area (Å²) >= 11 is 0. The number of hydrogen-bond donors (Lipinski definition) is 1. The fourth-order valence-corrected chi connectivity index (χ4v) is 2.61. The van der Waals surface area contributed by atoms with Gasteiger partial charge in [-0.3, -0.25) is 4.90 Å². The first-order valence-corrected chi connectivity index (χ1v) is 6.44. The van der Waals surface area contributed by atoms with E-state index in [0.29, 0.717) is 6.61 Å². The molecule has 1 N–H and O–H groups in total. The Morgan fingerprint density at radius 3 is 2.72 bits per heavy atom. The van der Waals surface area contributed by atoms with Crippen LogP contribution in [0.1, 0.15) is 25.5 Å². The summed E-state index contributed by atoms with van der Waals surface area (Å²) < 4.78 is 10.9. The van der Waals surface area contributed by atoms with Crippen LogP contribution in [0.5, 0.6) is 11.5 Å². The molecule has 0 aliphatic carbocycles. The van der Waals surface area contributed by atoms with Crippen molar-refractivity contribution in [1.29, 1.82) is 0 Å². The molecule has 1 aromatic rings. The number of likely N-dealkylation sites (N-methyl/N-ethyl adjacent to an activating group) is 1. The highest BCUT2D eigenvalue weighted by molar-refractivity contribution is 5.49. The normalized spacial score (nSPS) is 22.5. The minimum Gasteiger partial charge on any atom is -0.493 e. The van der Waals surface area contributed by atoms with E-state index in [1.807, 2.05) is 18.2 Å². The third-order valence-corrected chi connectivity index (χ3v) is 3.52. The summed E-state index contributed by atoms with van der Waals surface area (Å²) in [5.74, 6) is 1.50. The number of aliphatic hydroxyl groups is 1. The molecule has 100 valence electrons. The van der Waals surface area contributed by atoms with Gasteiger partial charge in [0, 0.05) is 5.56 Å². The van der Waals surface area contributed by atoms with E-state index >= 15 is 0 Å². The minimum absolute atomic E-state index is 0.0150. The molecule has 0 spiro atoms. The van der Waals surface area contributed by atoms with Crippen molar-refractivity contribution in [2.45, 2.75) is 26.0 Å². The van der Waals surface area contributed by atoms with E-state index in [1.165, 1.54) is 0 Å². The summed E-state index contributed by atoms with van der Waals surface area (Å²) in [5, 5.41) is 10.2. The molecule has 0 radical (unpaired) electrons. The number of benzene rings is 1. The molecule has 18 heavy (non-hydrogen) atoms. The zero-order valence-corrected chi connectivity index (χ0v) is 11.2. The van der Waals surface area contributed by atoms with Crippen LogP contribution in [0.15, 0.2) is 18.2 Å². The third kappa shape index (κ3) is 2.18. The number of para-hydroxylation sites is 1. The Balaban J connectivity index is 2.44. The SMILES string of the molecule is CCN(CC)C1c2cccc(OC)c2OCC1O. The van der Waals surface area contributed by atoms with Crippen molar-refractivity contribution < 1.29 is 14.6 Å². The zero-order valence-electron chi connectivity index (χ0n) is 11.2. The zero-order chi connectivity index (χ0) is 13.1. The second kappa shape index (κ2) is 5.59. The summed E-state index contributed by atoms with van der Waals surface area (Å²) in [4.78, 5) is 2.24. The second-order valence-electron chi connectivity index (χ2n) is 4.42. The topological polar surface area (TPSA) is 41.9 Å². The molecule has 1 aromatic carbocycles. The standard InChI is InChI=1S/C14H21NO3/c1-4-15(5-2)13-10-7-6-8-12(17-3)14(10)18-9-11(13)16/h6-8,11,13,16H,4-5,9H2,1-3H3. The number of ether oxygens (including phenoxy) is 2. The van der Waals surface area contributed by atoms with Crippen molar-refractivity contribution in [2.75, 3.05) is 26.8 Å². The van der Waals surface area contributed by atoms with Crippen LogP contribution in [0.25, 0.3) is 0 Å². The van der Waals surface area contributed by atoms with E-state index in [9.17, 15) is 5.11 Å². The van der Waals surface area contributed by atoms with Gasteiger partial charge in [-0.25, -0.2) is 0 Å². The van der Waals surface area contributed by atoms with E-state index in [4.69, 9.17) is 9.47 Å². The van der Waals surface area contributed by atoms with E-state index in [0.717, 1.165) is 30.2 Å². The number of nitrogens with zero attached hydrogens (tertiary/aromatic N) is 1. The molecule has 0 saturated heterocycles. The van der Waals surface area contributed by atoms with Gasteiger partial charge < -0.3 is 14.6 Å². The van der Waals surface area contributed by atoms with Gasteiger partial charge in [0.15, 0.2) is 11.5 Å². The Morgan fingerprint density at radius 2 is 2.11 bits per heavy atom. The van der Waals surface area contributed by atoms with Crippen molar-refractivity contribution in [3.05, 3.63) is 23.8 Å². The van der Waals surface area contributed by atoms with Gasteiger partial charge in [0.25, 0.3) is 0 Å². The van der Waals surface area contributed by atoms with Gasteiger partial charge in [-0.05, 0) is 19.2 Å². The van der Waals surface area contributed by atoms with E-state index < -0.39 is 6.10 Å². The number of methoxy groups -OCH3 is 1. The highest BCUT2D eigenvalue weighted by Gasteiger charge is 2.34. The summed E-state index contributed by atoms with van der Waals surface area (Å²) in [6.45, 7) is 6.31. The van der Waals surface area contributed by atoms with Gasteiger partial charge in [0.2, 0.25) is 0 Å². The molecule has 2 atom stereocenters. The molecule has 0 saturated carbocycles. The Morgan fingerprint density at radius 1 is 1.39 bits per heavy atom. The molecule has 4 heteroatoms. The molecule has 0 fully saturated rings. The molecule has 0 bridgehead atoms. The predicted molar refractivity (Wildman–Crippen MR) is 70.2 cm³/mol. The van der Waals surface area contributed by atoms with Gasteiger partial charge >= 0.3 is 0 Å². The van der Waals surface area contributed by atoms with Crippen molar-refractivity contribution in [2.24, 2.45) is 0 Å². The van der Waals surface area contributed by atoms with E-state index in [1.54, 1.807) is 7.11 Å². The number of rotatable bonds is 4. The average Bonchev–Trinajstić information content (AvgIpc) is 2.41. The maximum atomic E-state index is 10.2. The molecule has 1 aliphatic heterocycles. The molecular formula is C14H21NO3. The van der Waals surface area contributed by atoms with Crippen LogP contribution in [-0.2, 0) is 0 Å². The second-order valence-corrected chi connectivity index (χ2v) is 4.42. The predicted octanol–water partition coefficient (Wildman–Crippen LogP) is 1.83. The van der Waals surface area contributed by atoms with Crippen molar-refractivity contribution in [3.8, 4) is 11.5 Å². The molecular weight excluding hydrogens is 230 g/mol. The minimum atomic E-state index is -0.496. The molecule has 0 amide bonds. The maximum Gasteiger partial charge on any atom is 0.166 e. The first-order chi connectivity index (χ1) is 8.72. The number of hydrogen-bond acceptors (Lipinski definition) is 4. The molecule has 2 unspecified atom stereocenters. The lowest BCUT2D eigenvalue weighted by atomic mass is 9.96. The number of fused-ring (bicyclic) bond motifs is 1. The third-order valence-electron chi connectivity index (χ3n) is 3.52. The fourth-order valence-electron chi connectivity index (χ4n) is 2.61. The van der Waals surface area contributed by atoms with Crippen molar-refractivity contribution in [1.82, 2.24) is 4.90 Å². The van der Waals surface area contributed by atoms with E-state index in [2.05, 4.69) is 18.7 Å². The van der Waals surface area contributed by atoms with Crippen LogP contribution in [0.2, 0.25) is 0 Å². The highest BCUT2D eigenvalue weighted by Crippen LogP contribution is 2.41. The first-order valence-electron chi connectivity index (χ1n) is 6.44. The van der Waals surface area contributed by atoms with Crippen molar-refractivity contribution >= 4 is 0 Å². The van der Waals surface area contributed by atoms with Crippen LogP contribution < -0.4 is 9.47 Å². The van der Waals surface area contributed by atoms with Gasteiger partial charge in [0.1, 0.15) is 12.7 Å². The molecule has 1 aliphatic rings. The number of aliphatic hydroxyl groups excluding tert-OH is 1. The Kier molecular flexibility index (Phi) is 4.09. The Hall–Kier alpha value is -1.26. The summed E-state index contributed by atoms with van der Waals surface area (Å²) in [5.41, 5.74) is 1.01. The van der Waals surface area contributed by atoms with Gasteiger partial charge in [0.05, 0.1) is 13.2 Å². The largest absolute Gasteiger partial charge is 0.493 e. The summed E-state index contributed by atoms with van der Waals surface area (Å²) in [7, 11) is 1.64. The first kappa shape index (κ1) is 13.2. The summed E-state index contributed by atoms with van der Waals surface area (Å²) in [6.07, 6.45) is -0.496. The molecule has 1 heterocycles. The van der Waals surface area contributed by atoms with Gasteiger partial charge in [-0.2, -0.15) is 0 Å². The van der Waals surface area contributed by atoms with Crippen LogP contribution >= 0.6 is 0 Å². The quantitative estimate of drug-likeness (QED) is 0.886. The van der Waals surface area contributed by atoms with Crippen LogP contribution in [-0.4, -0.2) is 42.9 Å². The van der Waals surface area contributed by atoms with Crippen LogP contribution in [0, 0.1) is 0 Å². The average molecular weight is 251 g/mol. The summed E-state index contributed by atoms with van der Waals surface area (Å²) in [6, 6.07) is 5.81.